The monoisotopic (exact) mass is 263 g/mol. The molecule has 0 atom stereocenters. The van der Waals surface area contributed by atoms with Gasteiger partial charge in [-0.05, 0) is 44.0 Å². The molecule has 1 nitrogen and oxygen atoms in total. The molecule has 1 saturated carbocycles. The van der Waals surface area contributed by atoms with Crippen LogP contribution in [0.1, 0.15) is 24.0 Å². The summed E-state index contributed by atoms with van der Waals surface area (Å²) in [5.41, 5.74) is -0.606. The Bertz CT molecular complexity index is 424. The summed E-state index contributed by atoms with van der Waals surface area (Å²) < 4.78 is 38.5. The summed E-state index contributed by atoms with van der Waals surface area (Å²) in [6.07, 6.45) is -2.22. The van der Waals surface area contributed by atoms with Crippen molar-refractivity contribution in [1.82, 2.24) is 5.32 Å². The van der Waals surface area contributed by atoms with Gasteiger partial charge in [-0.1, -0.05) is 17.7 Å². The zero-order valence-electron chi connectivity index (χ0n) is 9.37. The van der Waals surface area contributed by atoms with Gasteiger partial charge in [-0.3, -0.25) is 0 Å². The Labute approximate surface area is 103 Å². The third-order valence-corrected chi connectivity index (χ3v) is 3.68. The molecular weight excluding hydrogens is 251 g/mol. The van der Waals surface area contributed by atoms with E-state index in [0.29, 0.717) is 6.42 Å². The predicted octanol–water partition coefficient (Wildman–Crippen LogP) is 3.65. The van der Waals surface area contributed by atoms with Crippen LogP contribution < -0.4 is 5.32 Å². The SMILES string of the molecule is CNC1(Cc2c(Cl)cccc2C(F)(F)F)CC1. The molecule has 5 heteroatoms. The van der Waals surface area contributed by atoms with E-state index in [2.05, 4.69) is 5.32 Å². The van der Waals surface area contributed by atoms with Crippen molar-refractivity contribution in [2.45, 2.75) is 31.0 Å². The number of hydrogen-bond donors (Lipinski definition) is 1. The van der Waals surface area contributed by atoms with E-state index in [9.17, 15) is 13.2 Å². The fraction of sp³-hybridized carbons (Fsp3) is 0.500. The van der Waals surface area contributed by atoms with Gasteiger partial charge in [0.25, 0.3) is 0 Å². The van der Waals surface area contributed by atoms with Crippen LogP contribution in [-0.4, -0.2) is 12.6 Å². The van der Waals surface area contributed by atoms with E-state index in [-0.39, 0.29) is 16.1 Å². The summed E-state index contributed by atoms with van der Waals surface area (Å²) in [5, 5.41) is 3.28. The molecule has 1 aromatic rings. The predicted molar refractivity (Wildman–Crippen MR) is 61.2 cm³/mol. The minimum atomic E-state index is -4.34. The van der Waals surface area contributed by atoms with Crippen LogP contribution in [0.4, 0.5) is 13.2 Å². The van der Waals surface area contributed by atoms with Crippen LogP contribution in [0.25, 0.3) is 0 Å². The van der Waals surface area contributed by atoms with Gasteiger partial charge < -0.3 is 5.32 Å². The van der Waals surface area contributed by atoms with Crippen LogP contribution in [0.3, 0.4) is 0 Å². The van der Waals surface area contributed by atoms with Crippen molar-refractivity contribution in [2.75, 3.05) is 7.05 Å². The number of rotatable bonds is 3. The first-order valence-corrected chi connectivity index (χ1v) is 5.79. The maximum Gasteiger partial charge on any atom is 0.416 e. The molecule has 0 heterocycles. The first-order chi connectivity index (χ1) is 7.88. The fourth-order valence-corrected chi connectivity index (χ4v) is 2.25. The van der Waals surface area contributed by atoms with Crippen LogP contribution in [0.15, 0.2) is 18.2 Å². The average Bonchev–Trinajstić information content (AvgIpc) is 3.00. The molecule has 0 bridgehead atoms. The van der Waals surface area contributed by atoms with Crippen molar-refractivity contribution >= 4 is 11.6 Å². The topological polar surface area (TPSA) is 12.0 Å². The molecule has 94 valence electrons. The minimum Gasteiger partial charge on any atom is -0.314 e. The van der Waals surface area contributed by atoms with E-state index in [1.807, 2.05) is 0 Å². The number of hydrogen-bond acceptors (Lipinski definition) is 1. The van der Waals surface area contributed by atoms with E-state index in [1.54, 1.807) is 7.05 Å². The zero-order valence-corrected chi connectivity index (χ0v) is 10.1. The molecular formula is C12H13ClF3N. The third-order valence-electron chi connectivity index (χ3n) is 3.32. The summed E-state index contributed by atoms with van der Waals surface area (Å²) in [7, 11) is 1.77. The molecule has 0 aliphatic heterocycles. The summed E-state index contributed by atoms with van der Waals surface area (Å²) in [6.45, 7) is 0. The first-order valence-electron chi connectivity index (χ1n) is 5.41. The second-order valence-corrected chi connectivity index (χ2v) is 4.88. The Morgan fingerprint density at radius 1 is 1.35 bits per heavy atom. The maximum absolute atomic E-state index is 12.8. The van der Waals surface area contributed by atoms with Gasteiger partial charge in [0.05, 0.1) is 5.56 Å². The lowest BCUT2D eigenvalue weighted by atomic mass is 9.98. The van der Waals surface area contributed by atoms with E-state index >= 15 is 0 Å². The highest BCUT2D eigenvalue weighted by Gasteiger charge is 2.44. The molecule has 1 aromatic carbocycles. The van der Waals surface area contributed by atoms with E-state index < -0.39 is 11.7 Å². The summed E-state index contributed by atoms with van der Waals surface area (Å²) >= 11 is 5.90. The zero-order chi connectivity index (χ0) is 12.7. The lowest BCUT2D eigenvalue weighted by molar-refractivity contribution is -0.138. The Kier molecular flexibility index (Phi) is 3.12. The Morgan fingerprint density at radius 3 is 2.47 bits per heavy atom. The smallest absolute Gasteiger partial charge is 0.314 e. The highest BCUT2D eigenvalue weighted by Crippen LogP contribution is 2.43. The lowest BCUT2D eigenvalue weighted by Gasteiger charge is -2.19. The molecule has 0 saturated heterocycles. The molecule has 1 N–H and O–H groups in total. The van der Waals surface area contributed by atoms with Crippen LogP contribution in [0.2, 0.25) is 5.02 Å². The van der Waals surface area contributed by atoms with E-state index in [4.69, 9.17) is 11.6 Å². The van der Waals surface area contributed by atoms with Crippen molar-refractivity contribution in [2.24, 2.45) is 0 Å². The van der Waals surface area contributed by atoms with Crippen molar-refractivity contribution in [3.63, 3.8) is 0 Å². The molecule has 0 aromatic heterocycles. The van der Waals surface area contributed by atoms with Crippen molar-refractivity contribution in [3.05, 3.63) is 34.3 Å². The van der Waals surface area contributed by atoms with Crippen LogP contribution >= 0.6 is 11.6 Å². The van der Waals surface area contributed by atoms with Gasteiger partial charge in [0.1, 0.15) is 0 Å². The first kappa shape index (κ1) is 12.7. The van der Waals surface area contributed by atoms with E-state index in [1.165, 1.54) is 12.1 Å². The van der Waals surface area contributed by atoms with Crippen LogP contribution in [0.5, 0.6) is 0 Å². The van der Waals surface area contributed by atoms with Gasteiger partial charge in [0.15, 0.2) is 0 Å². The van der Waals surface area contributed by atoms with Crippen molar-refractivity contribution in [1.29, 1.82) is 0 Å². The highest BCUT2D eigenvalue weighted by atomic mass is 35.5. The molecule has 17 heavy (non-hydrogen) atoms. The molecule has 0 spiro atoms. The largest absolute Gasteiger partial charge is 0.416 e. The van der Waals surface area contributed by atoms with E-state index in [0.717, 1.165) is 18.9 Å². The van der Waals surface area contributed by atoms with Crippen LogP contribution in [-0.2, 0) is 12.6 Å². The fourth-order valence-electron chi connectivity index (χ4n) is 2.01. The minimum absolute atomic E-state index is 0.189. The Hall–Kier alpha value is -0.740. The Balaban J connectivity index is 2.38. The molecule has 1 aliphatic carbocycles. The molecule has 0 unspecified atom stereocenters. The molecule has 0 amide bonds. The van der Waals surface area contributed by atoms with Crippen LogP contribution in [0, 0.1) is 0 Å². The normalized spacial score (nSPS) is 18.2. The summed E-state index contributed by atoms with van der Waals surface area (Å²) in [6, 6.07) is 3.94. The average molecular weight is 264 g/mol. The number of benzene rings is 1. The van der Waals surface area contributed by atoms with Gasteiger partial charge in [-0.15, -0.1) is 0 Å². The third kappa shape index (κ3) is 2.58. The quantitative estimate of drug-likeness (QED) is 0.878. The van der Waals surface area contributed by atoms with Gasteiger partial charge in [-0.2, -0.15) is 13.2 Å². The van der Waals surface area contributed by atoms with Crippen molar-refractivity contribution < 1.29 is 13.2 Å². The molecule has 1 fully saturated rings. The summed E-state index contributed by atoms with van der Waals surface area (Å²) in [4.78, 5) is 0. The lowest BCUT2D eigenvalue weighted by Crippen LogP contribution is -2.30. The second kappa shape index (κ2) is 4.18. The molecule has 2 rings (SSSR count). The highest BCUT2D eigenvalue weighted by molar-refractivity contribution is 6.31. The number of nitrogens with one attached hydrogen (secondary N) is 1. The van der Waals surface area contributed by atoms with Crippen molar-refractivity contribution in [3.8, 4) is 0 Å². The number of halogens is 4. The van der Waals surface area contributed by atoms with Gasteiger partial charge in [0, 0.05) is 10.6 Å². The maximum atomic E-state index is 12.8. The van der Waals surface area contributed by atoms with Gasteiger partial charge in [0.2, 0.25) is 0 Å². The summed E-state index contributed by atoms with van der Waals surface area (Å²) in [5.74, 6) is 0. The Morgan fingerprint density at radius 2 is 2.00 bits per heavy atom. The molecule has 0 radical (unpaired) electrons. The van der Waals surface area contributed by atoms with Gasteiger partial charge >= 0.3 is 6.18 Å². The molecule has 1 aliphatic rings. The standard InChI is InChI=1S/C12H13ClF3N/c1-17-11(5-6-11)7-8-9(12(14,15)16)3-2-4-10(8)13/h2-4,17H,5-7H2,1H3. The number of alkyl halides is 3. The van der Waals surface area contributed by atoms with Gasteiger partial charge in [-0.25, -0.2) is 0 Å². The number of likely N-dealkylation sites (N-methyl/N-ethyl adjacent to an activating group) is 1. The second-order valence-electron chi connectivity index (χ2n) is 4.47.